The molecule has 1 aromatic heterocycles. The third kappa shape index (κ3) is 6.01. The smallest absolute Gasteiger partial charge is 0.309 e. The van der Waals surface area contributed by atoms with Gasteiger partial charge in [0.05, 0.1) is 19.3 Å². The van der Waals surface area contributed by atoms with Gasteiger partial charge in [0.2, 0.25) is 0 Å². The zero-order valence-corrected chi connectivity index (χ0v) is 17.5. The Morgan fingerprint density at radius 2 is 1.80 bits per heavy atom. The lowest BCUT2D eigenvalue weighted by molar-refractivity contribution is -0.139. The van der Waals surface area contributed by atoms with Crippen LogP contribution in [0, 0.1) is 0 Å². The number of hydrogen-bond donors (Lipinski definition) is 2. The minimum Gasteiger partial charge on any atom is -0.379 e. The summed E-state index contributed by atoms with van der Waals surface area (Å²) in [6.07, 6.45) is 3.32. The summed E-state index contributed by atoms with van der Waals surface area (Å²) in [6.45, 7) is 3.49. The number of carbonyl (C=O) groups excluding carboxylic acids is 2. The molecule has 1 aliphatic heterocycles. The maximum Gasteiger partial charge on any atom is 0.309 e. The van der Waals surface area contributed by atoms with Crippen LogP contribution < -0.4 is 15.5 Å². The largest absolute Gasteiger partial charge is 0.379 e. The lowest BCUT2D eigenvalue weighted by Gasteiger charge is -2.35. The number of benzene rings is 1. The van der Waals surface area contributed by atoms with E-state index in [0.29, 0.717) is 19.8 Å². The van der Waals surface area contributed by atoms with Gasteiger partial charge in [-0.2, -0.15) is 0 Å². The second-order valence-electron chi connectivity index (χ2n) is 7.40. The number of ether oxygens (including phenoxy) is 1. The molecule has 1 atom stereocenters. The van der Waals surface area contributed by atoms with Crippen molar-refractivity contribution in [1.82, 2.24) is 20.5 Å². The molecule has 3 rings (SSSR count). The standard InChI is InChI=1S/C22H29N5O3/c1-26(2)19-7-5-18(6-8-19)20(27-10-12-30-13-11-27)16-25-22(29)21(28)24-15-17-4-3-9-23-14-17/h3-9,14,20H,10-13,15-16H2,1-2H3,(H,24,28)(H,25,29). The first-order valence-electron chi connectivity index (χ1n) is 10.1. The van der Waals surface area contributed by atoms with Gasteiger partial charge in [-0.1, -0.05) is 18.2 Å². The van der Waals surface area contributed by atoms with Crippen LogP contribution in [0.5, 0.6) is 0 Å². The van der Waals surface area contributed by atoms with E-state index < -0.39 is 11.8 Å². The van der Waals surface area contributed by atoms with E-state index in [9.17, 15) is 9.59 Å². The van der Waals surface area contributed by atoms with E-state index in [4.69, 9.17) is 4.74 Å². The monoisotopic (exact) mass is 411 g/mol. The highest BCUT2D eigenvalue weighted by Crippen LogP contribution is 2.23. The van der Waals surface area contributed by atoms with Gasteiger partial charge in [0.15, 0.2) is 0 Å². The summed E-state index contributed by atoms with van der Waals surface area (Å²) < 4.78 is 5.47. The molecule has 0 aliphatic carbocycles. The quantitative estimate of drug-likeness (QED) is 0.660. The van der Waals surface area contributed by atoms with E-state index in [1.165, 1.54) is 0 Å². The Bertz CT molecular complexity index is 820. The summed E-state index contributed by atoms with van der Waals surface area (Å²) in [4.78, 5) is 32.8. The molecule has 2 heterocycles. The maximum absolute atomic E-state index is 12.3. The average Bonchev–Trinajstić information content (AvgIpc) is 2.79. The molecule has 1 saturated heterocycles. The molecule has 160 valence electrons. The van der Waals surface area contributed by atoms with Gasteiger partial charge in [-0.15, -0.1) is 0 Å². The highest BCUT2D eigenvalue weighted by molar-refractivity contribution is 6.35. The number of pyridine rings is 1. The first-order valence-corrected chi connectivity index (χ1v) is 10.1. The Morgan fingerprint density at radius 3 is 2.43 bits per heavy atom. The maximum atomic E-state index is 12.3. The van der Waals surface area contributed by atoms with Gasteiger partial charge in [-0.05, 0) is 29.3 Å². The second kappa shape index (κ2) is 10.7. The number of rotatable bonds is 7. The van der Waals surface area contributed by atoms with Crippen LogP contribution in [0.4, 0.5) is 5.69 Å². The fraction of sp³-hybridized carbons (Fsp3) is 0.409. The minimum absolute atomic E-state index is 0.0276. The molecule has 8 nitrogen and oxygen atoms in total. The highest BCUT2D eigenvalue weighted by Gasteiger charge is 2.24. The molecule has 1 aromatic carbocycles. The van der Waals surface area contributed by atoms with Crippen molar-refractivity contribution in [3.05, 3.63) is 59.9 Å². The van der Waals surface area contributed by atoms with Crippen LogP contribution >= 0.6 is 0 Å². The third-order valence-corrected chi connectivity index (χ3v) is 5.12. The predicted octanol–water partition coefficient (Wildman–Crippen LogP) is 0.954. The summed E-state index contributed by atoms with van der Waals surface area (Å²) in [5.41, 5.74) is 3.04. The van der Waals surface area contributed by atoms with Crippen molar-refractivity contribution in [2.24, 2.45) is 0 Å². The lowest BCUT2D eigenvalue weighted by Crippen LogP contribution is -2.46. The van der Waals surface area contributed by atoms with Crippen LogP contribution in [0.15, 0.2) is 48.8 Å². The summed E-state index contributed by atoms with van der Waals surface area (Å²) in [7, 11) is 4.00. The van der Waals surface area contributed by atoms with Crippen molar-refractivity contribution >= 4 is 17.5 Å². The minimum atomic E-state index is -0.650. The number of morpholine rings is 1. The Labute approximate surface area is 177 Å². The zero-order valence-electron chi connectivity index (χ0n) is 17.5. The fourth-order valence-corrected chi connectivity index (χ4v) is 3.38. The molecular formula is C22H29N5O3. The Balaban J connectivity index is 1.61. The van der Waals surface area contributed by atoms with Gasteiger partial charge in [-0.3, -0.25) is 19.5 Å². The number of nitrogens with zero attached hydrogens (tertiary/aromatic N) is 3. The summed E-state index contributed by atoms with van der Waals surface area (Å²) >= 11 is 0. The van der Waals surface area contributed by atoms with Crippen molar-refractivity contribution in [1.29, 1.82) is 0 Å². The van der Waals surface area contributed by atoms with Crippen molar-refractivity contribution in [3.8, 4) is 0 Å². The van der Waals surface area contributed by atoms with Gasteiger partial charge < -0.3 is 20.3 Å². The summed E-state index contributed by atoms with van der Waals surface area (Å²) in [5, 5.41) is 5.42. The molecule has 1 unspecified atom stereocenters. The molecule has 1 aliphatic rings. The summed E-state index contributed by atoms with van der Waals surface area (Å²) in [6, 6.07) is 11.9. The van der Waals surface area contributed by atoms with E-state index in [-0.39, 0.29) is 12.6 Å². The Kier molecular flexibility index (Phi) is 7.75. The van der Waals surface area contributed by atoms with Crippen LogP contribution in [-0.2, 0) is 20.9 Å². The number of aromatic nitrogens is 1. The number of carbonyl (C=O) groups is 2. The first-order chi connectivity index (χ1) is 14.5. The number of hydrogen-bond acceptors (Lipinski definition) is 6. The van der Waals surface area contributed by atoms with E-state index in [1.807, 2.05) is 25.1 Å². The molecule has 0 radical (unpaired) electrons. The van der Waals surface area contributed by atoms with E-state index in [0.717, 1.165) is 29.9 Å². The van der Waals surface area contributed by atoms with Gasteiger partial charge in [0.1, 0.15) is 0 Å². The molecule has 0 saturated carbocycles. The van der Waals surface area contributed by atoms with Gasteiger partial charge in [-0.25, -0.2) is 0 Å². The van der Waals surface area contributed by atoms with Crippen molar-refractivity contribution in [2.45, 2.75) is 12.6 Å². The van der Waals surface area contributed by atoms with Crippen LogP contribution in [0.2, 0.25) is 0 Å². The Hall–Kier alpha value is -2.97. The SMILES string of the molecule is CN(C)c1ccc(C(CNC(=O)C(=O)NCc2cccnc2)N2CCOCC2)cc1. The van der Waals surface area contributed by atoms with Gasteiger partial charge in [0.25, 0.3) is 0 Å². The normalized spacial score (nSPS) is 15.3. The highest BCUT2D eigenvalue weighted by atomic mass is 16.5. The molecule has 2 aromatic rings. The lowest BCUT2D eigenvalue weighted by atomic mass is 10.0. The molecule has 0 spiro atoms. The van der Waals surface area contributed by atoms with Crippen LogP contribution in [0.1, 0.15) is 17.2 Å². The predicted molar refractivity (Wildman–Crippen MR) is 115 cm³/mol. The van der Waals surface area contributed by atoms with E-state index in [2.05, 4.69) is 44.8 Å². The number of anilines is 1. The van der Waals surface area contributed by atoms with Crippen LogP contribution in [0.25, 0.3) is 0 Å². The van der Waals surface area contributed by atoms with Crippen LogP contribution in [-0.4, -0.2) is 68.6 Å². The zero-order chi connectivity index (χ0) is 21.3. The number of amides is 2. The second-order valence-corrected chi connectivity index (χ2v) is 7.40. The molecular weight excluding hydrogens is 382 g/mol. The molecule has 0 bridgehead atoms. The third-order valence-electron chi connectivity index (χ3n) is 5.12. The summed E-state index contributed by atoms with van der Waals surface area (Å²) in [5.74, 6) is -1.29. The molecule has 1 fully saturated rings. The number of nitrogens with one attached hydrogen (secondary N) is 2. The topological polar surface area (TPSA) is 86.8 Å². The molecule has 2 N–H and O–H groups in total. The van der Waals surface area contributed by atoms with E-state index in [1.54, 1.807) is 18.5 Å². The van der Waals surface area contributed by atoms with Crippen molar-refractivity contribution < 1.29 is 14.3 Å². The molecule has 30 heavy (non-hydrogen) atoms. The van der Waals surface area contributed by atoms with E-state index >= 15 is 0 Å². The van der Waals surface area contributed by atoms with Crippen molar-refractivity contribution in [3.63, 3.8) is 0 Å². The fourth-order valence-electron chi connectivity index (χ4n) is 3.38. The Morgan fingerprint density at radius 1 is 1.10 bits per heavy atom. The molecule has 2 amide bonds. The molecule has 8 heteroatoms. The van der Waals surface area contributed by atoms with Gasteiger partial charge in [0, 0.05) is 58.4 Å². The average molecular weight is 412 g/mol. The van der Waals surface area contributed by atoms with Crippen LogP contribution in [0.3, 0.4) is 0 Å². The first kappa shape index (κ1) is 21.7. The van der Waals surface area contributed by atoms with Crippen molar-refractivity contribution in [2.75, 3.05) is 51.8 Å². The van der Waals surface area contributed by atoms with Gasteiger partial charge >= 0.3 is 11.8 Å².